The second-order valence-electron chi connectivity index (χ2n) is 11.0. The number of carbonyl (C=O) groups is 2. The van der Waals surface area contributed by atoms with Crippen LogP contribution in [-0.4, -0.2) is 55.6 Å². The Morgan fingerprint density at radius 1 is 0.923 bits per heavy atom. The van der Waals surface area contributed by atoms with Gasteiger partial charge in [-0.05, 0) is 73.4 Å². The van der Waals surface area contributed by atoms with Crippen LogP contribution in [0.2, 0.25) is 0 Å². The fourth-order valence-corrected chi connectivity index (χ4v) is 8.65. The summed E-state index contributed by atoms with van der Waals surface area (Å²) >= 11 is 0. The molecule has 39 heavy (non-hydrogen) atoms. The van der Waals surface area contributed by atoms with Gasteiger partial charge in [-0.3, -0.25) is 9.59 Å². The van der Waals surface area contributed by atoms with Gasteiger partial charge >= 0.3 is 0 Å². The molecule has 2 aromatic carbocycles. The first kappa shape index (κ1) is 29.6. The second kappa shape index (κ2) is 12.4. The number of fused-ring (bicyclic) bond motifs is 1. The van der Waals surface area contributed by atoms with Crippen molar-refractivity contribution in [2.24, 2.45) is 11.8 Å². The molecule has 2 aliphatic heterocycles. The van der Waals surface area contributed by atoms with Gasteiger partial charge in [0.1, 0.15) is 12.1 Å². The first-order chi connectivity index (χ1) is 18.3. The van der Waals surface area contributed by atoms with E-state index in [1.165, 1.54) is 11.1 Å². The summed E-state index contributed by atoms with van der Waals surface area (Å²) < 4.78 is 27.4. The minimum Gasteiger partial charge on any atom is -0.342 e. The first-order valence-electron chi connectivity index (χ1n) is 14.0. The number of nitrogens with zero attached hydrogens (tertiary/aromatic N) is 1. The minimum atomic E-state index is -3.57. The van der Waals surface area contributed by atoms with Crippen LogP contribution in [0.5, 0.6) is 0 Å². The number of hydrogen-bond donors (Lipinski definition) is 2. The molecule has 3 aliphatic rings. The number of carbonyl (C=O) groups excluding carboxylic acids is 2. The highest BCUT2D eigenvalue weighted by Crippen LogP contribution is 2.34. The Balaban J connectivity index is 0.00000353. The lowest BCUT2D eigenvalue weighted by Crippen LogP contribution is -2.66. The molecule has 2 amide bonds. The quantitative estimate of drug-likeness (QED) is 0.502. The van der Waals surface area contributed by atoms with Gasteiger partial charge in [0.25, 0.3) is 0 Å². The number of amides is 2. The molecule has 5 rings (SSSR count). The monoisotopic (exact) mass is 573 g/mol. The van der Waals surface area contributed by atoms with Crippen molar-refractivity contribution in [3.63, 3.8) is 0 Å². The van der Waals surface area contributed by atoms with Crippen molar-refractivity contribution in [2.75, 3.05) is 13.1 Å². The van der Waals surface area contributed by atoms with Crippen LogP contribution in [-0.2, 0) is 38.8 Å². The molecule has 0 saturated carbocycles. The highest BCUT2D eigenvalue weighted by molar-refractivity contribution is 7.92. The Hall–Kier alpha value is -2.42. The molecule has 2 atom stereocenters. The molecule has 9 heteroatoms. The third-order valence-corrected chi connectivity index (χ3v) is 11.2. The van der Waals surface area contributed by atoms with Gasteiger partial charge in [0, 0.05) is 6.54 Å². The summed E-state index contributed by atoms with van der Waals surface area (Å²) in [6.07, 6.45) is 4.15. The Morgan fingerprint density at radius 3 is 2.13 bits per heavy atom. The van der Waals surface area contributed by atoms with Gasteiger partial charge in [-0.15, -0.1) is 12.4 Å². The summed E-state index contributed by atoms with van der Waals surface area (Å²) in [5, 5.41) is 5.90. The zero-order valence-electron chi connectivity index (χ0n) is 22.8. The number of halogens is 1. The van der Waals surface area contributed by atoms with Gasteiger partial charge in [0.2, 0.25) is 11.8 Å². The number of piperidine rings is 1. The molecular weight excluding hydrogens is 534 g/mol. The van der Waals surface area contributed by atoms with Gasteiger partial charge < -0.3 is 15.5 Å². The maximum atomic E-state index is 14.2. The van der Waals surface area contributed by atoms with E-state index >= 15 is 0 Å². The van der Waals surface area contributed by atoms with Crippen LogP contribution in [0.15, 0.2) is 53.4 Å². The van der Waals surface area contributed by atoms with Crippen LogP contribution in [0.25, 0.3) is 0 Å². The van der Waals surface area contributed by atoms with E-state index in [9.17, 15) is 18.0 Å². The zero-order chi connectivity index (χ0) is 26.9. The van der Waals surface area contributed by atoms with Crippen LogP contribution in [0.3, 0.4) is 0 Å². The van der Waals surface area contributed by atoms with Gasteiger partial charge in [-0.1, -0.05) is 69.2 Å². The van der Waals surface area contributed by atoms with Crippen molar-refractivity contribution in [1.29, 1.82) is 0 Å². The van der Waals surface area contributed by atoms with Crippen LogP contribution in [0, 0.1) is 11.8 Å². The average molecular weight is 574 g/mol. The lowest BCUT2D eigenvalue weighted by Gasteiger charge is -2.44. The number of sulfone groups is 1. The topological polar surface area (TPSA) is 95.6 Å². The maximum Gasteiger partial charge on any atom is 0.246 e. The van der Waals surface area contributed by atoms with Crippen molar-refractivity contribution >= 4 is 34.1 Å². The molecule has 2 unspecified atom stereocenters. The van der Waals surface area contributed by atoms with Crippen molar-refractivity contribution in [3.05, 3.63) is 65.2 Å². The number of benzene rings is 2. The summed E-state index contributed by atoms with van der Waals surface area (Å²) in [4.78, 5) is 29.8. The third-order valence-electron chi connectivity index (χ3n) is 8.85. The smallest absolute Gasteiger partial charge is 0.246 e. The highest BCUT2D eigenvalue weighted by atomic mass is 35.5. The molecule has 7 nitrogen and oxygen atoms in total. The van der Waals surface area contributed by atoms with E-state index in [0.29, 0.717) is 36.4 Å². The molecule has 1 aliphatic carbocycles. The van der Waals surface area contributed by atoms with E-state index in [0.717, 1.165) is 25.7 Å². The number of hydrogen-bond acceptors (Lipinski definition) is 5. The summed E-state index contributed by atoms with van der Waals surface area (Å²) in [7, 11) is -3.57. The van der Waals surface area contributed by atoms with Crippen LogP contribution in [0.4, 0.5) is 0 Å². The van der Waals surface area contributed by atoms with Crippen LogP contribution < -0.4 is 10.6 Å². The van der Waals surface area contributed by atoms with E-state index in [-0.39, 0.29) is 42.6 Å². The van der Waals surface area contributed by atoms with E-state index < -0.39 is 27.2 Å². The lowest BCUT2D eigenvalue weighted by molar-refractivity contribution is -0.154. The Labute approximate surface area is 238 Å². The average Bonchev–Trinajstić information content (AvgIpc) is 3.37. The van der Waals surface area contributed by atoms with E-state index in [2.05, 4.69) is 22.8 Å². The molecule has 2 heterocycles. The second-order valence-corrected chi connectivity index (χ2v) is 13.2. The SMILES string of the molecule is CCC(CC)C1C(=O)NC(C2Cc3ccccc3C2)C(=O)N1Cc1ccccc1S(=O)(=O)C1CCNCC1.Cl. The molecule has 2 N–H and O–H groups in total. The molecule has 212 valence electrons. The number of nitrogens with one attached hydrogen (secondary N) is 2. The molecule has 2 saturated heterocycles. The van der Waals surface area contributed by atoms with Crippen molar-refractivity contribution in [1.82, 2.24) is 15.5 Å². The molecular formula is C30H40ClN3O4S. The van der Waals surface area contributed by atoms with Gasteiger partial charge in [-0.25, -0.2) is 8.42 Å². The summed E-state index contributed by atoms with van der Waals surface area (Å²) in [6, 6.07) is 14.0. The minimum absolute atomic E-state index is 0. The van der Waals surface area contributed by atoms with Gasteiger partial charge in [0.15, 0.2) is 9.84 Å². The van der Waals surface area contributed by atoms with Gasteiger partial charge in [0.05, 0.1) is 10.1 Å². The van der Waals surface area contributed by atoms with Crippen LogP contribution >= 0.6 is 12.4 Å². The Kier molecular flexibility index (Phi) is 9.40. The summed E-state index contributed by atoms with van der Waals surface area (Å²) in [5.41, 5.74) is 3.05. The Bertz CT molecular complexity index is 1270. The van der Waals surface area contributed by atoms with Crippen LogP contribution in [0.1, 0.15) is 56.2 Å². The highest BCUT2D eigenvalue weighted by Gasteiger charge is 2.47. The standard InChI is InChI=1S/C30H39N3O4S.ClH/c1-3-20(4-2)28-29(34)32-27(24-17-21-9-5-6-10-22(21)18-24)30(35)33(28)19-23-11-7-8-12-26(23)38(36,37)25-13-15-31-16-14-25;/h5-12,20,24-25,27-28,31H,3-4,13-19H2,1-2H3,(H,32,34);1H. The van der Waals surface area contributed by atoms with E-state index in [4.69, 9.17) is 0 Å². The third kappa shape index (κ3) is 5.74. The first-order valence-corrected chi connectivity index (χ1v) is 15.6. The Morgan fingerprint density at radius 2 is 1.51 bits per heavy atom. The maximum absolute atomic E-state index is 14.2. The molecule has 0 aromatic heterocycles. The van der Waals surface area contributed by atoms with E-state index in [1.807, 2.05) is 32.0 Å². The molecule has 0 spiro atoms. The van der Waals surface area contributed by atoms with Crippen molar-refractivity contribution in [2.45, 2.75) is 81.1 Å². The largest absolute Gasteiger partial charge is 0.342 e. The van der Waals surface area contributed by atoms with Crippen molar-refractivity contribution in [3.8, 4) is 0 Å². The fraction of sp³-hybridized carbons (Fsp3) is 0.533. The molecule has 2 aromatic rings. The fourth-order valence-electron chi connectivity index (χ4n) is 6.67. The molecule has 0 bridgehead atoms. The summed E-state index contributed by atoms with van der Waals surface area (Å²) in [6.45, 7) is 5.56. The zero-order valence-corrected chi connectivity index (χ0v) is 24.4. The molecule has 2 fully saturated rings. The van der Waals surface area contributed by atoms with Crippen molar-refractivity contribution < 1.29 is 18.0 Å². The number of rotatable bonds is 8. The summed E-state index contributed by atoms with van der Waals surface area (Å²) in [5.74, 6) is -0.247. The predicted molar refractivity (Wildman–Crippen MR) is 154 cm³/mol. The predicted octanol–water partition coefficient (Wildman–Crippen LogP) is 3.68. The normalized spacial score (nSPS) is 22.5. The van der Waals surface area contributed by atoms with E-state index in [1.54, 1.807) is 23.1 Å². The number of piperazine rings is 1. The lowest BCUT2D eigenvalue weighted by atomic mass is 9.86. The van der Waals surface area contributed by atoms with Gasteiger partial charge in [-0.2, -0.15) is 0 Å². The molecule has 0 radical (unpaired) electrons.